The summed E-state index contributed by atoms with van der Waals surface area (Å²) in [4.78, 5) is 14.9. The van der Waals surface area contributed by atoms with E-state index in [2.05, 4.69) is 27.7 Å². The Labute approximate surface area is 123 Å². The normalized spacial score (nSPS) is 12.0. The van der Waals surface area contributed by atoms with Crippen molar-refractivity contribution in [2.75, 3.05) is 12.3 Å². The van der Waals surface area contributed by atoms with Crippen LogP contribution in [0.4, 0.5) is 5.69 Å². The quantitative estimate of drug-likeness (QED) is 0.837. The lowest BCUT2D eigenvalue weighted by Gasteiger charge is -2.36. The highest BCUT2D eigenvalue weighted by Gasteiger charge is 2.34. The fraction of sp³-hybridized carbons (Fsp3) is 0.588. The van der Waals surface area contributed by atoms with Crippen molar-refractivity contribution in [1.82, 2.24) is 4.90 Å². The van der Waals surface area contributed by atoms with E-state index in [1.807, 2.05) is 43.0 Å². The zero-order chi connectivity index (χ0) is 15.5. The number of carbonyl (C=O) groups is 1. The summed E-state index contributed by atoms with van der Waals surface area (Å²) in [6, 6.07) is 7.80. The minimum absolute atomic E-state index is 0.172. The molecule has 1 amide bonds. The SMILES string of the molecule is CC(C)CN(C(=O)C(C)(C)c1ccc(N)cc1)C(C)C. The number of anilines is 1. The van der Waals surface area contributed by atoms with Crippen molar-refractivity contribution in [1.29, 1.82) is 0 Å². The molecule has 0 aliphatic rings. The molecule has 0 unspecified atom stereocenters. The molecule has 0 atom stereocenters. The second-order valence-electron chi connectivity index (χ2n) is 6.69. The Morgan fingerprint density at radius 3 is 2.05 bits per heavy atom. The predicted molar refractivity (Wildman–Crippen MR) is 85.6 cm³/mol. The van der Waals surface area contributed by atoms with E-state index in [0.717, 1.165) is 17.8 Å². The Kier molecular flexibility index (Phi) is 5.21. The maximum absolute atomic E-state index is 12.9. The van der Waals surface area contributed by atoms with E-state index in [9.17, 15) is 4.79 Å². The van der Waals surface area contributed by atoms with Crippen LogP contribution in [-0.4, -0.2) is 23.4 Å². The van der Waals surface area contributed by atoms with Crippen LogP contribution in [-0.2, 0) is 10.2 Å². The monoisotopic (exact) mass is 276 g/mol. The molecule has 0 aromatic heterocycles. The fourth-order valence-corrected chi connectivity index (χ4v) is 2.30. The Hall–Kier alpha value is -1.51. The minimum atomic E-state index is -0.535. The van der Waals surface area contributed by atoms with Gasteiger partial charge in [0.25, 0.3) is 0 Å². The second kappa shape index (κ2) is 6.29. The first-order valence-electron chi connectivity index (χ1n) is 7.33. The fourth-order valence-electron chi connectivity index (χ4n) is 2.30. The second-order valence-corrected chi connectivity index (χ2v) is 6.69. The maximum atomic E-state index is 12.9. The first-order valence-corrected chi connectivity index (χ1v) is 7.33. The summed E-state index contributed by atoms with van der Waals surface area (Å²) >= 11 is 0. The highest BCUT2D eigenvalue weighted by molar-refractivity contribution is 5.87. The Morgan fingerprint density at radius 1 is 1.15 bits per heavy atom. The van der Waals surface area contributed by atoms with Gasteiger partial charge in [-0.15, -0.1) is 0 Å². The number of amides is 1. The molecule has 0 saturated heterocycles. The molecule has 3 nitrogen and oxygen atoms in total. The molecule has 0 radical (unpaired) electrons. The number of benzene rings is 1. The van der Waals surface area contributed by atoms with Crippen LogP contribution < -0.4 is 5.73 Å². The molecule has 0 saturated carbocycles. The summed E-state index contributed by atoms with van der Waals surface area (Å²) in [6.45, 7) is 13.2. The first kappa shape index (κ1) is 16.5. The molecule has 1 aromatic carbocycles. The van der Waals surface area contributed by atoms with Gasteiger partial charge < -0.3 is 10.6 Å². The van der Waals surface area contributed by atoms with Gasteiger partial charge in [-0.25, -0.2) is 0 Å². The number of nitrogens with two attached hydrogens (primary N) is 1. The van der Waals surface area contributed by atoms with Crippen LogP contribution >= 0.6 is 0 Å². The first-order chi connectivity index (χ1) is 9.16. The highest BCUT2D eigenvalue weighted by atomic mass is 16.2. The van der Waals surface area contributed by atoms with Gasteiger partial charge in [-0.1, -0.05) is 26.0 Å². The molecule has 1 aromatic rings. The van der Waals surface area contributed by atoms with E-state index in [-0.39, 0.29) is 11.9 Å². The molecule has 0 spiro atoms. The third-order valence-electron chi connectivity index (χ3n) is 3.61. The van der Waals surface area contributed by atoms with Gasteiger partial charge in [0, 0.05) is 18.3 Å². The number of hydrogen-bond acceptors (Lipinski definition) is 2. The minimum Gasteiger partial charge on any atom is -0.399 e. The van der Waals surface area contributed by atoms with Gasteiger partial charge in [-0.05, 0) is 51.3 Å². The molecular weight excluding hydrogens is 248 g/mol. The van der Waals surface area contributed by atoms with Gasteiger partial charge in [0.05, 0.1) is 5.41 Å². The van der Waals surface area contributed by atoms with Crippen molar-refractivity contribution in [3.05, 3.63) is 29.8 Å². The number of nitrogen functional groups attached to an aromatic ring is 1. The molecule has 1 rings (SSSR count). The van der Waals surface area contributed by atoms with E-state index < -0.39 is 5.41 Å². The summed E-state index contributed by atoms with van der Waals surface area (Å²) in [7, 11) is 0. The Balaban J connectivity index is 3.05. The summed E-state index contributed by atoms with van der Waals surface area (Å²) < 4.78 is 0. The van der Waals surface area contributed by atoms with Crippen LogP contribution in [0.5, 0.6) is 0 Å². The van der Waals surface area contributed by atoms with Gasteiger partial charge >= 0.3 is 0 Å². The maximum Gasteiger partial charge on any atom is 0.232 e. The van der Waals surface area contributed by atoms with Crippen molar-refractivity contribution in [3.8, 4) is 0 Å². The van der Waals surface area contributed by atoms with Crippen LogP contribution in [0.25, 0.3) is 0 Å². The Morgan fingerprint density at radius 2 is 1.65 bits per heavy atom. The molecule has 112 valence electrons. The number of hydrogen-bond donors (Lipinski definition) is 1. The van der Waals surface area contributed by atoms with E-state index >= 15 is 0 Å². The predicted octanol–water partition coefficient (Wildman–Crippen LogP) is 3.44. The van der Waals surface area contributed by atoms with Gasteiger partial charge in [0.2, 0.25) is 5.91 Å². The third kappa shape index (κ3) is 3.75. The average molecular weight is 276 g/mol. The highest BCUT2D eigenvalue weighted by Crippen LogP contribution is 2.27. The number of carbonyl (C=O) groups excluding carboxylic acids is 1. The van der Waals surface area contributed by atoms with Crippen molar-refractivity contribution < 1.29 is 4.79 Å². The number of nitrogens with zero attached hydrogens (tertiary/aromatic N) is 1. The zero-order valence-corrected chi connectivity index (χ0v) is 13.6. The molecule has 0 aliphatic heterocycles. The van der Waals surface area contributed by atoms with Gasteiger partial charge in [-0.2, -0.15) is 0 Å². The van der Waals surface area contributed by atoms with Crippen molar-refractivity contribution >= 4 is 11.6 Å². The Bertz CT molecular complexity index is 447. The molecule has 0 heterocycles. The van der Waals surface area contributed by atoms with Gasteiger partial charge in [0.15, 0.2) is 0 Å². The average Bonchev–Trinajstić information content (AvgIpc) is 2.35. The zero-order valence-electron chi connectivity index (χ0n) is 13.6. The van der Waals surface area contributed by atoms with E-state index in [1.165, 1.54) is 0 Å². The van der Waals surface area contributed by atoms with Crippen LogP contribution in [0.2, 0.25) is 0 Å². The van der Waals surface area contributed by atoms with Crippen molar-refractivity contribution in [3.63, 3.8) is 0 Å². The van der Waals surface area contributed by atoms with Crippen LogP contribution in [0, 0.1) is 5.92 Å². The standard InChI is InChI=1S/C17H28N2O/c1-12(2)11-19(13(3)4)16(20)17(5,6)14-7-9-15(18)10-8-14/h7-10,12-13H,11,18H2,1-6H3. The van der Waals surface area contributed by atoms with Gasteiger partial charge in [-0.3, -0.25) is 4.79 Å². The molecule has 0 fully saturated rings. The summed E-state index contributed by atoms with van der Waals surface area (Å²) in [5.74, 6) is 0.634. The molecule has 2 N–H and O–H groups in total. The summed E-state index contributed by atoms with van der Waals surface area (Å²) in [5, 5.41) is 0. The van der Waals surface area contributed by atoms with Gasteiger partial charge in [0.1, 0.15) is 0 Å². The lowest BCUT2D eigenvalue weighted by Crippen LogP contribution is -2.48. The smallest absolute Gasteiger partial charge is 0.232 e. The van der Waals surface area contributed by atoms with E-state index in [4.69, 9.17) is 5.73 Å². The molecule has 3 heteroatoms. The van der Waals surface area contributed by atoms with E-state index in [1.54, 1.807) is 0 Å². The largest absolute Gasteiger partial charge is 0.399 e. The topological polar surface area (TPSA) is 46.3 Å². The third-order valence-corrected chi connectivity index (χ3v) is 3.61. The van der Waals surface area contributed by atoms with Crippen molar-refractivity contribution in [2.45, 2.75) is 53.0 Å². The lowest BCUT2D eigenvalue weighted by molar-refractivity contribution is -0.138. The van der Waals surface area contributed by atoms with Crippen LogP contribution in [0.3, 0.4) is 0 Å². The van der Waals surface area contributed by atoms with Crippen molar-refractivity contribution in [2.24, 2.45) is 5.92 Å². The molecule has 0 bridgehead atoms. The summed E-state index contributed by atoms with van der Waals surface area (Å²) in [5.41, 5.74) is 6.92. The van der Waals surface area contributed by atoms with Crippen LogP contribution in [0.1, 0.15) is 47.1 Å². The molecular formula is C17H28N2O. The lowest BCUT2D eigenvalue weighted by atomic mass is 9.82. The van der Waals surface area contributed by atoms with E-state index in [0.29, 0.717) is 5.92 Å². The van der Waals surface area contributed by atoms with Crippen LogP contribution in [0.15, 0.2) is 24.3 Å². The summed E-state index contributed by atoms with van der Waals surface area (Å²) in [6.07, 6.45) is 0. The molecule has 0 aliphatic carbocycles. The number of rotatable bonds is 5. The molecule has 20 heavy (non-hydrogen) atoms.